The third kappa shape index (κ3) is 4.40. The molecule has 6 nitrogen and oxygen atoms in total. The first-order valence-corrected chi connectivity index (χ1v) is 8.24. The summed E-state index contributed by atoms with van der Waals surface area (Å²) in [6.45, 7) is 7.82. The topological polar surface area (TPSA) is 87.7 Å². The van der Waals surface area contributed by atoms with E-state index in [9.17, 15) is 14.7 Å². The van der Waals surface area contributed by atoms with Crippen molar-refractivity contribution in [2.75, 3.05) is 11.9 Å². The predicted molar refractivity (Wildman–Crippen MR) is 92.2 cm³/mol. The van der Waals surface area contributed by atoms with Gasteiger partial charge < -0.3 is 20.5 Å². The highest BCUT2D eigenvalue weighted by Crippen LogP contribution is 2.39. The largest absolute Gasteiger partial charge is 0.480 e. The van der Waals surface area contributed by atoms with E-state index in [4.69, 9.17) is 4.74 Å². The fourth-order valence-corrected chi connectivity index (χ4v) is 3.14. The minimum Gasteiger partial charge on any atom is -0.480 e. The smallest absolute Gasteiger partial charge is 0.407 e. The molecule has 2 rings (SSSR count). The zero-order chi connectivity index (χ0) is 17.9. The van der Waals surface area contributed by atoms with Crippen LogP contribution in [-0.2, 0) is 9.53 Å². The Morgan fingerprint density at radius 2 is 1.96 bits per heavy atom. The highest BCUT2D eigenvalue weighted by atomic mass is 16.6. The van der Waals surface area contributed by atoms with Gasteiger partial charge in [-0.1, -0.05) is 25.1 Å². The number of hydrogen-bond donors (Lipinski definition) is 3. The van der Waals surface area contributed by atoms with Crippen LogP contribution >= 0.6 is 0 Å². The van der Waals surface area contributed by atoms with Crippen LogP contribution in [0.4, 0.5) is 10.5 Å². The second kappa shape index (κ2) is 7.11. The molecule has 6 heteroatoms. The number of carbonyl (C=O) groups excluding carboxylic acids is 1. The van der Waals surface area contributed by atoms with E-state index in [1.807, 2.05) is 31.2 Å². The summed E-state index contributed by atoms with van der Waals surface area (Å²) in [5, 5.41) is 15.4. The highest BCUT2D eigenvalue weighted by Gasteiger charge is 2.37. The van der Waals surface area contributed by atoms with Gasteiger partial charge in [0.2, 0.25) is 0 Å². The van der Waals surface area contributed by atoms with Crippen LogP contribution in [0.1, 0.15) is 45.6 Å². The van der Waals surface area contributed by atoms with E-state index in [2.05, 4.69) is 10.6 Å². The Hall–Kier alpha value is -2.24. The van der Waals surface area contributed by atoms with Crippen molar-refractivity contribution in [3.63, 3.8) is 0 Å². The Kier molecular flexibility index (Phi) is 5.36. The van der Waals surface area contributed by atoms with Crippen LogP contribution < -0.4 is 10.6 Å². The Labute approximate surface area is 142 Å². The minimum absolute atomic E-state index is 0.0870. The number of nitrogens with one attached hydrogen (secondary N) is 2. The van der Waals surface area contributed by atoms with E-state index in [1.54, 1.807) is 20.8 Å². The first kappa shape index (κ1) is 18.1. The van der Waals surface area contributed by atoms with Crippen molar-refractivity contribution in [1.29, 1.82) is 0 Å². The van der Waals surface area contributed by atoms with Crippen molar-refractivity contribution >= 4 is 17.7 Å². The lowest BCUT2D eigenvalue weighted by Crippen LogP contribution is -2.44. The summed E-state index contributed by atoms with van der Waals surface area (Å²) in [5.41, 5.74) is 1.43. The number of amides is 1. The molecule has 1 aliphatic heterocycles. The molecule has 3 N–H and O–H groups in total. The van der Waals surface area contributed by atoms with Crippen molar-refractivity contribution < 1.29 is 19.4 Å². The number of anilines is 1. The fourth-order valence-electron chi connectivity index (χ4n) is 3.14. The molecule has 1 aromatic rings. The molecule has 1 aliphatic rings. The molecular weight excluding hydrogens is 308 g/mol. The number of ether oxygens (including phenoxy) is 1. The maximum atomic E-state index is 11.7. The summed E-state index contributed by atoms with van der Waals surface area (Å²) in [7, 11) is 0. The second-order valence-corrected chi connectivity index (χ2v) is 7.22. The summed E-state index contributed by atoms with van der Waals surface area (Å²) in [6, 6.07) is 7.09. The van der Waals surface area contributed by atoms with Gasteiger partial charge in [0.05, 0.1) is 0 Å². The first-order chi connectivity index (χ1) is 11.2. The normalized spacial score (nSPS) is 22.9. The Bertz CT molecular complexity index is 609. The number of carboxylic acid groups (broad SMARTS) is 1. The zero-order valence-electron chi connectivity index (χ0n) is 14.6. The van der Waals surface area contributed by atoms with Crippen molar-refractivity contribution in [3.05, 3.63) is 29.8 Å². The number of alkyl carbamates (subject to hydrolysis) is 1. The van der Waals surface area contributed by atoms with Crippen molar-refractivity contribution in [3.8, 4) is 0 Å². The molecule has 0 saturated carbocycles. The molecule has 1 unspecified atom stereocenters. The molecule has 3 atom stereocenters. The molecule has 0 fully saturated rings. The van der Waals surface area contributed by atoms with Crippen LogP contribution in [-0.4, -0.2) is 35.4 Å². The van der Waals surface area contributed by atoms with Gasteiger partial charge in [-0.2, -0.15) is 0 Å². The molecule has 1 amide bonds. The number of aliphatic carboxylic acids is 1. The Balaban J connectivity index is 2.02. The molecule has 0 radical (unpaired) electrons. The number of para-hydroxylation sites is 1. The van der Waals surface area contributed by atoms with Crippen LogP contribution in [0.3, 0.4) is 0 Å². The van der Waals surface area contributed by atoms with Gasteiger partial charge >= 0.3 is 12.1 Å². The first-order valence-electron chi connectivity index (χ1n) is 8.24. The van der Waals surface area contributed by atoms with Crippen LogP contribution in [0, 0.1) is 5.92 Å². The lowest BCUT2D eigenvalue weighted by Gasteiger charge is -2.37. The lowest BCUT2D eigenvalue weighted by molar-refractivity contribution is -0.139. The van der Waals surface area contributed by atoms with E-state index in [0.29, 0.717) is 13.0 Å². The van der Waals surface area contributed by atoms with Gasteiger partial charge in [-0.15, -0.1) is 0 Å². The van der Waals surface area contributed by atoms with Gasteiger partial charge in [-0.25, -0.2) is 9.59 Å². The van der Waals surface area contributed by atoms with Crippen LogP contribution in [0.2, 0.25) is 0 Å². The summed E-state index contributed by atoms with van der Waals surface area (Å²) in [6.07, 6.45) is 0.0739. The molecule has 0 saturated heterocycles. The Morgan fingerprint density at radius 3 is 2.58 bits per heavy atom. The third-order valence-electron chi connectivity index (χ3n) is 4.24. The van der Waals surface area contributed by atoms with Crippen molar-refractivity contribution in [1.82, 2.24) is 5.32 Å². The van der Waals surface area contributed by atoms with Crippen LogP contribution in [0.5, 0.6) is 0 Å². The fraction of sp³-hybridized carbons (Fsp3) is 0.556. The quantitative estimate of drug-likeness (QED) is 0.787. The van der Waals surface area contributed by atoms with E-state index in [1.165, 1.54) is 0 Å². The molecule has 0 aliphatic carbocycles. The molecular formula is C18H26N2O4. The Morgan fingerprint density at radius 1 is 1.29 bits per heavy atom. The number of carboxylic acids is 1. The predicted octanol–water partition coefficient (Wildman–Crippen LogP) is 3.20. The van der Waals surface area contributed by atoms with E-state index in [-0.39, 0.29) is 11.8 Å². The minimum atomic E-state index is -0.876. The van der Waals surface area contributed by atoms with Crippen molar-refractivity contribution in [2.45, 2.75) is 51.7 Å². The summed E-state index contributed by atoms with van der Waals surface area (Å²) >= 11 is 0. The summed E-state index contributed by atoms with van der Waals surface area (Å²) < 4.78 is 5.20. The van der Waals surface area contributed by atoms with E-state index >= 15 is 0 Å². The molecule has 132 valence electrons. The molecule has 0 bridgehead atoms. The summed E-state index contributed by atoms with van der Waals surface area (Å²) in [4.78, 5) is 23.4. The molecule has 0 spiro atoms. The van der Waals surface area contributed by atoms with Gasteiger partial charge in [-0.3, -0.25) is 0 Å². The highest BCUT2D eigenvalue weighted by molar-refractivity contribution is 5.80. The maximum Gasteiger partial charge on any atom is 0.407 e. The SMILES string of the molecule is C[C@H]1c2ccccc2NC(C(=O)O)[C@H]1CCNC(=O)OC(C)(C)C. The monoisotopic (exact) mass is 334 g/mol. The molecule has 0 aromatic heterocycles. The van der Waals surface area contributed by atoms with Gasteiger partial charge in [0.15, 0.2) is 0 Å². The van der Waals surface area contributed by atoms with E-state index in [0.717, 1.165) is 11.3 Å². The average molecular weight is 334 g/mol. The van der Waals surface area contributed by atoms with Gasteiger partial charge in [0, 0.05) is 12.2 Å². The second-order valence-electron chi connectivity index (χ2n) is 7.22. The van der Waals surface area contributed by atoms with Crippen LogP contribution in [0.25, 0.3) is 0 Å². The number of fused-ring (bicyclic) bond motifs is 1. The third-order valence-corrected chi connectivity index (χ3v) is 4.24. The summed E-state index contributed by atoms with van der Waals surface area (Å²) in [5.74, 6) is -0.907. The van der Waals surface area contributed by atoms with Gasteiger partial charge in [-0.05, 0) is 50.7 Å². The molecule has 1 aromatic carbocycles. The maximum absolute atomic E-state index is 11.7. The number of rotatable bonds is 4. The van der Waals surface area contributed by atoms with E-state index < -0.39 is 23.7 Å². The van der Waals surface area contributed by atoms with Crippen LogP contribution in [0.15, 0.2) is 24.3 Å². The lowest BCUT2D eigenvalue weighted by atomic mass is 9.76. The van der Waals surface area contributed by atoms with Gasteiger partial charge in [0.25, 0.3) is 0 Å². The van der Waals surface area contributed by atoms with Crippen molar-refractivity contribution in [2.24, 2.45) is 5.92 Å². The number of hydrogen-bond acceptors (Lipinski definition) is 4. The molecule has 24 heavy (non-hydrogen) atoms. The molecule has 1 heterocycles. The average Bonchev–Trinajstić information content (AvgIpc) is 2.47. The number of carbonyl (C=O) groups is 2. The zero-order valence-corrected chi connectivity index (χ0v) is 14.6. The standard InChI is InChI=1S/C18H26N2O4/c1-11-12-7-5-6-8-14(12)20-15(16(21)22)13(11)9-10-19-17(23)24-18(2,3)4/h5-8,11,13,15,20H,9-10H2,1-4H3,(H,19,23)(H,21,22)/t11-,13-,15?/m0/s1. The number of benzene rings is 1. The van der Waals surface area contributed by atoms with Gasteiger partial charge in [0.1, 0.15) is 11.6 Å².